The van der Waals surface area contributed by atoms with Crippen molar-refractivity contribution in [2.75, 3.05) is 5.32 Å². The molecule has 3 aromatic rings. The van der Waals surface area contributed by atoms with Gasteiger partial charge in [-0.15, -0.1) is 0 Å². The van der Waals surface area contributed by atoms with Crippen molar-refractivity contribution in [3.63, 3.8) is 0 Å². The molecule has 1 N–H and O–H groups in total. The number of rotatable bonds is 4. The number of carbonyl (C=O) groups is 1. The van der Waals surface area contributed by atoms with E-state index in [-0.39, 0.29) is 11.6 Å². The molecule has 1 aliphatic carbocycles. The van der Waals surface area contributed by atoms with Crippen LogP contribution in [-0.2, 0) is 0 Å². The normalized spacial score (nSPS) is 14.0. The molecule has 1 amide bonds. The molecule has 1 aliphatic rings. The maximum Gasteiger partial charge on any atom is 0.280 e. The highest BCUT2D eigenvalue weighted by Gasteiger charge is 2.30. The first-order valence-electron chi connectivity index (χ1n) is 6.97. The lowest BCUT2D eigenvalue weighted by atomic mass is 10.1. The fourth-order valence-corrected chi connectivity index (χ4v) is 2.07. The van der Waals surface area contributed by atoms with Gasteiger partial charge < -0.3 is 9.05 Å². The zero-order valence-corrected chi connectivity index (χ0v) is 11.5. The van der Waals surface area contributed by atoms with Crippen LogP contribution in [0, 0.1) is 0 Å². The Morgan fingerprint density at radius 2 is 1.95 bits per heavy atom. The molecule has 0 spiro atoms. The van der Waals surface area contributed by atoms with Crippen LogP contribution in [0.15, 0.2) is 45.4 Å². The van der Waals surface area contributed by atoms with Gasteiger partial charge in [-0.25, -0.2) is 0 Å². The SMILES string of the molecule is O=C(Nc1noc(C2CC2)n1)c1cc(-c2ccccc2)on1. The van der Waals surface area contributed by atoms with E-state index < -0.39 is 5.91 Å². The van der Waals surface area contributed by atoms with Crippen molar-refractivity contribution < 1.29 is 13.8 Å². The molecule has 1 fully saturated rings. The first-order chi connectivity index (χ1) is 10.8. The summed E-state index contributed by atoms with van der Waals surface area (Å²) in [7, 11) is 0. The maximum absolute atomic E-state index is 12.1. The zero-order valence-electron chi connectivity index (χ0n) is 11.5. The number of amides is 1. The molecule has 2 heterocycles. The maximum atomic E-state index is 12.1. The minimum atomic E-state index is -0.436. The van der Waals surface area contributed by atoms with E-state index in [1.807, 2.05) is 30.3 Å². The van der Waals surface area contributed by atoms with Gasteiger partial charge in [0.15, 0.2) is 11.5 Å². The van der Waals surface area contributed by atoms with Gasteiger partial charge in [-0.2, -0.15) is 4.98 Å². The van der Waals surface area contributed by atoms with Crippen molar-refractivity contribution in [3.05, 3.63) is 48.0 Å². The van der Waals surface area contributed by atoms with Crippen LogP contribution >= 0.6 is 0 Å². The summed E-state index contributed by atoms with van der Waals surface area (Å²) in [5.41, 5.74) is 1.02. The Labute approximate surface area is 125 Å². The van der Waals surface area contributed by atoms with Crippen molar-refractivity contribution in [1.29, 1.82) is 0 Å². The fourth-order valence-electron chi connectivity index (χ4n) is 2.07. The van der Waals surface area contributed by atoms with Gasteiger partial charge in [0.25, 0.3) is 11.9 Å². The van der Waals surface area contributed by atoms with Crippen LogP contribution in [0.5, 0.6) is 0 Å². The third-order valence-corrected chi connectivity index (χ3v) is 3.39. The molecule has 0 aliphatic heterocycles. The molecule has 1 aromatic carbocycles. The number of carbonyl (C=O) groups excluding carboxylic acids is 1. The van der Waals surface area contributed by atoms with Crippen molar-refractivity contribution in [3.8, 4) is 11.3 Å². The van der Waals surface area contributed by atoms with Crippen LogP contribution in [-0.4, -0.2) is 21.2 Å². The van der Waals surface area contributed by atoms with E-state index in [1.54, 1.807) is 6.07 Å². The number of benzene rings is 1. The number of hydrogen-bond donors (Lipinski definition) is 1. The molecule has 2 aromatic heterocycles. The Hall–Kier alpha value is -2.96. The summed E-state index contributed by atoms with van der Waals surface area (Å²) in [5, 5.41) is 10.0. The minimum Gasteiger partial charge on any atom is -0.355 e. The van der Waals surface area contributed by atoms with Gasteiger partial charge in [0.05, 0.1) is 0 Å². The molecule has 1 saturated carbocycles. The Morgan fingerprint density at radius 1 is 1.14 bits per heavy atom. The lowest BCUT2D eigenvalue weighted by molar-refractivity contribution is 0.101. The number of nitrogens with one attached hydrogen (secondary N) is 1. The quantitative estimate of drug-likeness (QED) is 0.795. The van der Waals surface area contributed by atoms with Gasteiger partial charge >= 0.3 is 0 Å². The zero-order chi connectivity index (χ0) is 14.9. The van der Waals surface area contributed by atoms with Crippen LogP contribution in [0.1, 0.15) is 35.1 Å². The molecule has 7 heteroatoms. The second-order valence-corrected chi connectivity index (χ2v) is 5.13. The molecule has 0 radical (unpaired) electrons. The van der Waals surface area contributed by atoms with Gasteiger partial charge in [0.2, 0.25) is 5.89 Å². The second-order valence-electron chi connectivity index (χ2n) is 5.13. The van der Waals surface area contributed by atoms with E-state index in [1.165, 1.54) is 0 Å². The van der Waals surface area contributed by atoms with Crippen LogP contribution in [0.2, 0.25) is 0 Å². The lowest BCUT2D eigenvalue weighted by Crippen LogP contribution is -2.13. The highest BCUT2D eigenvalue weighted by molar-refractivity contribution is 6.02. The fraction of sp³-hybridized carbons (Fsp3) is 0.200. The third kappa shape index (κ3) is 2.48. The molecular weight excluding hydrogens is 284 g/mol. The van der Waals surface area contributed by atoms with Crippen molar-refractivity contribution in [2.45, 2.75) is 18.8 Å². The van der Waals surface area contributed by atoms with Gasteiger partial charge in [0.1, 0.15) is 0 Å². The van der Waals surface area contributed by atoms with E-state index in [2.05, 4.69) is 20.6 Å². The summed E-state index contributed by atoms with van der Waals surface area (Å²) in [6, 6.07) is 11.0. The Morgan fingerprint density at radius 3 is 2.73 bits per heavy atom. The van der Waals surface area contributed by atoms with Gasteiger partial charge in [-0.1, -0.05) is 35.5 Å². The largest absolute Gasteiger partial charge is 0.355 e. The molecule has 0 unspecified atom stereocenters. The van der Waals surface area contributed by atoms with E-state index in [4.69, 9.17) is 9.05 Å². The third-order valence-electron chi connectivity index (χ3n) is 3.39. The summed E-state index contributed by atoms with van der Waals surface area (Å²) < 4.78 is 10.3. The highest BCUT2D eigenvalue weighted by Crippen LogP contribution is 2.39. The first kappa shape index (κ1) is 12.8. The predicted molar refractivity (Wildman–Crippen MR) is 76.2 cm³/mol. The summed E-state index contributed by atoms with van der Waals surface area (Å²) in [4.78, 5) is 16.2. The van der Waals surface area contributed by atoms with Crippen molar-refractivity contribution >= 4 is 11.9 Å². The molecular formula is C15H12N4O3. The summed E-state index contributed by atoms with van der Waals surface area (Å²) >= 11 is 0. The number of anilines is 1. The molecule has 110 valence electrons. The minimum absolute atomic E-state index is 0.149. The van der Waals surface area contributed by atoms with Gasteiger partial charge in [-0.3, -0.25) is 10.1 Å². The molecule has 4 rings (SSSR count). The summed E-state index contributed by atoms with van der Waals surface area (Å²) in [6.45, 7) is 0. The van der Waals surface area contributed by atoms with E-state index in [0.29, 0.717) is 17.6 Å². The summed E-state index contributed by atoms with van der Waals surface area (Å²) in [6.07, 6.45) is 2.11. The standard InChI is InChI=1S/C15H12N4O3/c20-13(16-15-17-14(22-19-15)10-6-7-10)11-8-12(21-18-11)9-4-2-1-3-5-9/h1-5,8,10H,6-7H2,(H,16,19,20). The van der Waals surface area contributed by atoms with Crippen molar-refractivity contribution in [1.82, 2.24) is 15.3 Å². The number of aromatic nitrogens is 3. The van der Waals surface area contributed by atoms with Crippen molar-refractivity contribution in [2.24, 2.45) is 0 Å². The van der Waals surface area contributed by atoms with Gasteiger partial charge in [-0.05, 0) is 18.0 Å². The first-order valence-corrected chi connectivity index (χ1v) is 6.97. The molecule has 0 atom stereocenters. The average Bonchev–Trinajstić information content (AvgIpc) is 3.10. The van der Waals surface area contributed by atoms with Crippen LogP contribution in [0.4, 0.5) is 5.95 Å². The Balaban J connectivity index is 1.49. The molecule has 0 bridgehead atoms. The Kier molecular flexibility index (Phi) is 2.96. The average molecular weight is 296 g/mol. The topological polar surface area (TPSA) is 94.1 Å². The van der Waals surface area contributed by atoms with E-state index in [9.17, 15) is 4.79 Å². The molecule has 7 nitrogen and oxygen atoms in total. The molecule has 22 heavy (non-hydrogen) atoms. The number of nitrogens with zero attached hydrogens (tertiary/aromatic N) is 3. The van der Waals surface area contributed by atoms with Gasteiger partial charge in [0, 0.05) is 17.5 Å². The van der Waals surface area contributed by atoms with E-state index >= 15 is 0 Å². The smallest absolute Gasteiger partial charge is 0.280 e. The Bertz CT molecular complexity index is 805. The lowest BCUT2D eigenvalue weighted by Gasteiger charge is -1.94. The highest BCUT2D eigenvalue weighted by atomic mass is 16.5. The summed E-state index contributed by atoms with van der Waals surface area (Å²) in [5.74, 6) is 1.15. The van der Waals surface area contributed by atoms with Crippen LogP contribution in [0.3, 0.4) is 0 Å². The molecule has 0 saturated heterocycles. The van der Waals surface area contributed by atoms with Crippen LogP contribution in [0.25, 0.3) is 11.3 Å². The monoisotopic (exact) mass is 296 g/mol. The van der Waals surface area contributed by atoms with E-state index in [0.717, 1.165) is 18.4 Å². The second kappa shape index (κ2) is 5.10. The number of hydrogen-bond acceptors (Lipinski definition) is 6. The van der Waals surface area contributed by atoms with Crippen LogP contribution < -0.4 is 5.32 Å². The predicted octanol–water partition coefficient (Wildman–Crippen LogP) is 2.85.